The summed E-state index contributed by atoms with van der Waals surface area (Å²) in [4.78, 5) is 0. The third-order valence-electron chi connectivity index (χ3n) is 3.27. The maximum atomic E-state index is 12.6. The highest BCUT2D eigenvalue weighted by Crippen LogP contribution is 2.31. The van der Waals surface area contributed by atoms with Crippen LogP contribution in [0.1, 0.15) is 11.7 Å². The largest absolute Gasteiger partial charge is 0.371 e. The molecule has 1 aliphatic heterocycles. The summed E-state index contributed by atoms with van der Waals surface area (Å²) in [7, 11) is -1.64. The molecule has 1 saturated heterocycles. The van der Waals surface area contributed by atoms with E-state index in [1.54, 1.807) is 23.0 Å². The van der Waals surface area contributed by atoms with Crippen LogP contribution in [0.3, 0.4) is 0 Å². The van der Waals surface area contributed by atoms with E-state index in [0.717, 1.165) is 9.35 Å². The fraction of sp³-hybridized carbons (Fsp3) is 0.417. The van der Waals surface area contributed by atoms with Gasteiger partial charge in [-0.05, 0) is 28.1 Å². The molecule has 0 aromatic carbocycles. The number of rotatable bonds is 3. The van der Waals surface area contributed by atoms with Gasteiger partial charge in [0.2, 0.25) is 0 Å². The molecular weight excluding hydrogens is 378 g/mol. The van der Waals surface area contributed by atoms with E-state index >= 15 is 0 Å². The molecular formula is C12H14BrN3O3S2. The maximum absolute atomic E-state index is 12.6. The molecule has 1 atom stereocenters. The van der Waals surface area contributed by atoms with Gasteiger partial charge in [-0.2, -0.15) is 9.40 Å². The molecule has 0 unspecified atom stereocenters. The molecule has 0 spiro atoms. The summed E-state index contributed by atoms with van der Waals surface area (Å²) in [5, 5.41) is 4.11. The van der Waals surface area contributed by atoms with Crippen LogP contribution in [0.2, 0.25) is 0 Å². The number of thiophene rings is 1. The van der Waals surface area contributed by atoms with Gasteiger partial charge in [-0.15, -0.1) is 11.3 Å². The molecule has 1 fully saturated rings. The van der Waals surface area contributed by atoms with Crippen molar-refractivity contribution in [2.75, 3.05) is 19.7 Å². The van der Waals surface area contributed by atoms with Crippen molar-refractivity contribution >= 4 is 37.3 Å². The summed E-state index contributed by atoms with van der Waals surface area (Å²) >= 11 is 4.52. The highest BCUT2D eigenvalue weighted by molar-refractivity contribution is 9.11. The van der Waals surface area contributed by atoms with Gasteiger partial charge in [0.05, 0.1) is 22.7 Å². The Morgan fingerprint density at radius 1 is 1.48 bits per heavy atom. The minimum absolute atomic E-state index is 0.273. The monoisotopic (exact) mass is 391 g/mol. The van der Waals surface area contributed by atoms with Crippen LogP contribution in [0.5, 0.6) is 0 Å². The lowest BCUT2D eigenvalue weighted by Crippen LogP contribution is -2.41. The van der Waals surface area contributed by atoms with E-state index in [4.69, 9.17) is 4.74 Å². The molecule has 3 heterocycles. The first-order valence-electron chi connectivity index (χ1n) is 6.32. The predicted molar refractivity (Wildman–Crippen MR) is 82.7 cm³/mol. The average Bonchev–Trinajstić information content (AvgIpc) is 3.08. The summed E-state index contributed by atoms with van der Waals surface area (Å²) in [6, 6.07) is 3.37. The molecule has 0 radical (unpaired) electrons. The van der Waals surface area contributed by atoms with Crippen LogP contribution in [0, 0.1) is 0 Å². The predicted octanol–water partition coefficient (Wildman–Crippen LogP) is 2.01. The standard InChI is InChI=1S/C12H14BrN3O3S2/c1-15-7-9(6-14-15)10-8-16(4-5-19-10)21(17,18)12-3-2-11(13)20-12/h2-3,6-7,10H,4-5,8H2,1H3/t10-/m1/s1. The number of ether oxygens (including phenoxy) is 1. The molecule has 114 valence electrons. The van der Waals surface area contributed by atoms with Crippen LogP contribution in [0.4, 0.5) is 0 Å². The van der Waals surface area contributed by atoms with E-state index in [1.165, 1.54) is 15.6 Å². The topological polar surface area (TPSA) is 64.4 Å². The Morgan fingerprint density at radius 2 is 2.29 bits per heavy atom. The second-order valence-corrected chi connectivity index (χ2v) is 9.36. The zero-order valence-electron chi connectivity index (χ0n) is 11.3. The molecule has 0 bridgehead atoms. The summed E-state index contributed by atoms with van der Waals surface area (Å²) in [6.45, 7) is 1.06. The summed E-state index contributed by atoms with van der Waals surface area (Å²) in [5.74, 6) is 0. The lowest BCUT2D eigenvalue weighted by Gasteiger charge is -2.31. The normalized spacial score (nSPS) is 20.8. The fourth-order valence-corrected chi connectivity index (χ4v) is 5.80. The van der Waals surface area contributed by atoms with Gasteiger partial charge < -0.3 is 4.74 Å². The van der Waals surface area contributed by atoms with Crippen molar-refractivity contribution in [3.8, 4) is 0 Å². The summed E-state index contributed by atoms with van der Waals surface area (Å²) < 4.78 is 35.2. The zero-order chi connectivity index (χ0) is 15.0. The van der Waals surface area contributed by atoms with E-state index in [0.29, 0.717) is 23.9 Å². The van der Waals surface area contributed by atoms with Gasteiger partial charge in [-0.25, -0.2) is 8.42 Å². The van der Waals surface area contributed by atoms with Crippen molar-refractivity contribution < 1.29 is 13.2 Å². The van der Waals surface area contributed by atoms with Crippen molar-refractivity contribution in [2.45, 2.75) is 10.3 Å². The van der Waals surface area contributed by atoms with Crippen molar-refractivity contribution in [3.63, 3.8) is 0 Å². The molecule has 6 nitrogen and oxygen atoms in total. The Balaban J connectivity index is 1.83. The van der Waals surface area contributed by atoms with Crippen LogP contribution in [-0.2, 0) is 21.8 Å². The number of morpholine rings is 1. The Labute approximate surface area is 135 Å². The SMILES string of the molecule is Cn1cc([C@H]2CN(S(=O)(=O)c3ccc(Br)s3)CCO2)cn1. The van der Waals surface area contributed by atoms with Crippen molar-refractivity contribution in [1.29, 1.82) is 0 Å². The summed E-state index contributed by atoms with van der Waals surface area (Å²) in [5.41, 5.74) is 0.893. The van der Waals surface area contributed by atoms with E-state index in [-0.39, 0.29) is 6.10 Å². The van der Waals surface area contributed by atoms with Gasteiger partial charge in [0.15, 0.2) is 0 Å². The lowest BCUT2D eigenvalue weighted by atomic mass is 10.2. The molecule has 21 heavy (non-hydrogen) atoms. The van der Waals surface area contributed by atoms with Crippen molar-refractivity contribution in [3.05, 3.63) is 33.9 Å². The number of nitrogens with zero attached hydrogens (tertiary/aromatic N) is 3. The van der Waals surface area contributed by atoms with Crippen LogP contribution in [0.15, 0.2) is 32.5 Å². The van der Waals surface area contributed by atoms with Gasteiger partial charge in [-0.3, -0.25) is 4.68 Å². The average molecular weight is 392 g/mol. The first-order chi connectivity index (χ1) is 9.96. The van der Waals surface area contributed by atoms with E-state index in [2.05, 4.69) is 21.0 Å². The van der Waals surface area contributed by atoms with Crippen molar-refractivity contribution in [2.24, 2.45) is 7.05 Å². The van der Waals surface area contributed by atoms with E-state index in [9.17, 15) is 8.42 Å². The van der Waals surface area contributed by atoms with Crippen LogP contribution in [0.25, 0.3) is 0 Å². The van der Waals surface area contributed by atoms with Gasteiger partial charge in [0.25, 0.3) is 10.0 Å². The number of sulfonamides is 1. The minimum Gasteiger partial charge on any atom is -0.371 e. The molecule has 2 aromatic rings. The second kappa shape index (κ2) is 5.81. The molecule has 0 aliphatic carbocycles. The smallest absolute Gasteiger partial charge is 0.252 e. The van der Waals surface area contributed by atoms with Gasteiger partial charge in [0, 0.05) is 31.9 Å². The van der Waals surface area contributed by atoms with E-state index < -0.39 is 10.0 Å². The minimum atomic E-state index is -3.46. The van der Waals surface area contributed by atoms with Gasteiger partial charge in [0.1, 0.15) is 4.21 Å². The van der Waals surface area contributed by atoms with Crippen LogP contribution in [-0.4, -0.2) is 42.2 Å². The molecule has 0 N–H and O–H groups in total. The first kappa shape index (κ1) is 15.2. The Bertz CT molecular complexity index is 741. The van der Waals surface area contributed by atoms with E-state index in [1.807, 2.05) is 13.2 Å². The lowest BCUT2D eigenvalue weighted by molar-refractivity contribution is -0.00253. The quantitative estimate of drug-likeness (QED) is 0.802. The number of hydrogen-bond donors (Lipinski definition) is 0. The molecule has 1 aliphatic rings. The molecule has 2 aromatic heterocycles. The third-order valence-corrected chi connectivity index (χ3v) is 7.22. The van der Waals surface area contributed by atoms with Crippen molar-refractivity contribution in [1.82, 2.24) is 14.1 Å². The Morgan fingerprint density at radius 3 is 2.90 bits per heavy atom. The maximum Gasteiger partial charge on any atom is 0.252 e. The molecule has 3 rings (SSSR count). The number of aromatic nitrogens is 2. The highest BCUT2D eigenvalue weighted by Gasteiger charge is 2.32. The molecule has 9 heteroatoms. The second-order valence-electron chi connectivity index (χ2n) is 4.73. The molecule has 0 saturated carbocycles. The third kappa shape index (κ3) is 3.07. The molecule has 0 amide bonds. The fourth-order valence-electron chi connectivity index (χ4n) is 2.22. The number of aryl methyl sites for hydroxylation is 1. The zero-order valence-corrected chi connectivity index (χ0v) is 14.5. The highest BCUT2D eigenvalue weighted by atomic mass is 79.9. The number of hydrogen-bond acceptors (Lipinski definition) is 5. The van der Waals surface area contributed by atoms with Gasteiger partial charge >= 0.3 is 0 Å². The Hall–Kier alpha value is -0.740. The Kier molecular flexibility index (Phi) is 4.19. The van der Waals surface area contributed by atoms with Crippen LogP contribution >= 0.6 is 27.3 Å². The number of halogens is 1. The van der Waals surface area contributed by atoms with Crippen LogP contribution < -0.4 is 0 Å². The summed E-state index contributed by atoms with van der Waals surface area (Å²) in [6.07, 6.45) is 3.29. The first-order valence-corrected chi connectivity index (χ1v) is 9.37. The van der Waals surface area contributed by atoms with Gasteiger partial charge in [-0.1, -0.05) is 0 Å².